The second-order valence-corrected chi connectivity index (χ2v) is 9.17. The van der Waals surface area contributed by atoms with E-state index in [1.165, 1.54) is 5.39 Å². The van der Waals surface area contributed by atoms with Gasteiger partial charge in [-0.2, -0.15) is 0 Å². The molecule has 182 valence electrons. The first-order valence-corrected chi connectivity index (χ1v) is 12.5. The molecule has 0 bridgehead atoms. The SMILES string of the molecule is Cc1ccc(C(=O)NCCCc2nc3ccccc3n2CCOc2cccc3ccccc23)c(C)c1. The number of aryl methyl sites for hydroxylation is 3. The summed E-state index contributed by atoms with van der Waals surface area (Å²) < 4.78 is 8.46. The van der Waals surface area contributed by atoms with Gasteiger partial charge in [0.2, 0.25) is 0 Å². The van der Waals surface area contributed by atoms with Crippen LogP contribution in [0.25, 0.3) is 21.8 Å². The maximum absolute atomic E-state index is 12.6. The van der Waals surface area contributed by atoms with Crippen LogP contribution in [0.4, 0.5) is 0 Å². The van der Waals surface area contributed by atoms with E-state index in [1.54, 1.807) is 0 Å². The van der Waals surface area contributed by atoms with Crippen LogP contribution in [0.1, 0.15) is 33.7 Å². The van der Waals surface area contributed by atoms with Gasteiger partial charge in [-0.25, -0.2) is 4.98 Å². The molecule has 5 aromatic rings. The van der Waals surface area contributed by atoms with E-state index < -0.39 is 0 Å². The molecule has 1 amide bonds. The average Bonchev–Trinajstić information content (AvgIpc) is 3.24. The van der Waals surface area contributed by atoms with Crippen LogP contribution in [0.3, 0.4) is 0 Å². The minimum atomic E-state index is -0.0236. The lowest BCUT2D eigenvalue weighted by atomic mass is 10.1. The van der Waals surface area contributed by atoms with Crippen molar-refractivity contribution in [2.45, 2.75) is 33.2 Å². The van der Waals surface area contributed by atoms with E-state index in [1.807, 2.05) is 74.5 Å². The lowest BCUT2D eigenvalue weighted by Gasteiger charge is -2.13. The number of carbonyl (C=O) groups excluding carboxylic acids is 1. The zero-order valence-electron chi connectivity index (χ0n) is 20.8. The van der Waals surface area contributed by atoms with E-state index in [-0.39, 0.29) is 5.91 Å². The van der Waals surface area contributed by atoms with Crippen LogP contribution in [0.5, 0.6) is 5.75 Å². The summed E-state index contributed by atoms with van der Waals surface area (Å²) in [4.78, 5) is 17.5. The first-order chi connectivity index (χ1) is 17.6. The molecule has 0 spiro atoms. The van der Waals surface area contributed by atoms with Crippen LogP contribution >= 0.6 is 0 Å². The van der Waals surface area contributed by atoms with Crippen molar-refractivity contribution in [3.05, 3.63) is 107 Å². The van der Waals surface area contributed by atoms with E-state index in [4.69, 9.17) is 9.72 Å². The van der Waals surface area contributed by atoms with Crippen LogP contribution in [0.15, 0.2) is 84.9 Å². The molecule has 0 aliphatic heterocycles. The highest BCUT2D eigenvalue weighted by atomic mass is 16.5. The number of amides is 1. The van der Waals surface area contributed by atoms with E-state index >= 15 is 0 Å². The maximum atomic E-state index is 12.6. The molecule has 36 heavy (non-hydrogen) atoms. The van der Waals surface area contributed by atoms with Gasteiger partial charge in [-0.3, -0.25) is 4.79 Å². The molecule has 0 saturated heterocycles. The Bertz CT molecular complexity index is 1510. The van der Waals surface area contributed by atoms with Crippen molar-refractivity contribution in [3.8, 4) is 5.75 Å². The third-order valence-corrected chi connectivity index (χ3v) is 6.54. The van der Waals surface area contributed by atoms with Crippen molar-refractivity contribution in [2.75, 3.05) is 13.2 Å². The van der Waals surface area contributed by atoms with Crippen LogP contribution in [0.2, 0.25) is 0 Å². The minimum absolute atomic E-state index is 0.0236. The molecular formula is C31H31N3O2. The number of nitrogens with one attached hydrogen (secondary N) is 1. The fourth-order valence-electron chi connectivity index (χ4n) is 4.75. The maximum Gasteiger partial charge on any atom is 0.251 e. The monoisotopic (exact) mass is 477 g/mol. The van der Waals surface area contributed by atoms with Gasteiger partial charge in [0.25, 0.3) is 5.91 Å². The van der Waals surface area contributed by atoms with E-state index in [2.05, 4.69) is 34.1 Å². The molecular weight excluding hydrogens is 446 g/mol. The summed E-state index contributed by atoms with van der Waals surface area (Å²) in [6.07, 6.45) is 1.58. The highest BCUT2D eigenvalue weighted by Gasteiger charge is 2.12. The zero-order chi connectivity index (χ0) is 24.9. The topological polar surface area (TPSA) is 56.2 Å². The molecule has 5 heteroatoms. The van der Waals surface area contributed by atoms with Crippen molar-refractivity contribution in [1.82, 2.24) is 14.9 Å². The fraction of sp³-hybridized carbons (Fsp3) is 0.226. The molecule has 0 saturated carbocycles. The Kier molecular flexibility index (Phi) is 6.99. The highest BCUT2D eigenvalue weighted by Crippen LogP contribution is 2.25. The van der Waals surface area contributed by atoms with E-state index in [0.717, 1.165) is 57.5 Å². The third kappa shape index (κ3) is 5.10. The number of rotatable bonds is 9. The third-order valence-electron chi connectivity index (χ3n) is 6.54. The minimum Gasteiger partial charge on any atom is -0.491 e. The number of benzene rings is 4. The molecule has 1 aromatic heterocycles. The van der Waals surface area contributed by atoms with Crippen LogP contribution in [-0.4, -0.2) is 28.6 Å². The quantitative estimate of drug-likeness (QED) is 0.255. The summed E-state index contributed by atoms with van der Waals surface area (Å²) in [5.41, 5.74) is 4.98. The zero-order valence-corrected chi connectivity index (χ0v) is 20.8. The number of aromatic nitrogens is 2. The number of ether oxygens (including phenoxy) is 1. The second-order valence-electron chi connectivity index (χ2n) is 9.17. The molecule has 0 fully saturated rings. The number of hydrogen-bond acceptors (Lipinski definition) is 3. The number of carbonyl (C=O) groups is 1. The van der Waals surface area contributed by atoms with Gasteiger partial charge in [-0.1, -0.05) is 66.2 Å². The first kappa shape index (κ1) is 23.6. The molecule has 0 aliphatic rings. The lowest BCUT2D eigenvalue weighted by molar-refractivity contribution is 0.0952. The summed E-state index contributed by atoms with van der Waals surface area (Å²) in [6.45, 7) is 5.86. The standard InChI is InChI=1S/C31H31N3O2/c1-22-16-17-25(23(2)21-22)31(35)32-18-8-15-30-33-27-12-5-6-13-28(27)34(30)19-20-36-29-14-7-10-24-9-3-4-11-26(24)29/h3-7,9-14,16-17,21H,8,15,18-20H2,1-2H3,(H,32,35). The van der Waals surface area contributed by atoms with Gasteiger partial charge in [-0.05, 0) is 55.5 Å². The molecule has 0 aliphatic carbocycles. The Hall–Kier alpha value is -4.12. The summed E-state index contributed by atoms with van der Waals surface area (Å²) in [5.74, 6) is 1.89. The van der Waals surface area contributed by atoms with Crippen molar-refractivity contribution in [2.24, 2.45) is 0 Å². The van der Waals surface area contributed by atoms with Crippen molar-refractivity contribution in [3.63, 3.8) is 0 Å². The van der Waals surface area contributed by atoms with Crippen molar-refractivity contribution < 1.29 is 9.53 Å². The number of imidazole rings is 1. The average molecular weight is 478 g/mol. The lowest BCUT2D eigenvalue weighted by Crippen LogP contribution is -2.25. The van der Waals surface area contributed by atoms with E-state index in [9.17, 15) is 4.79 Å². The highest BCUT2D eigenvalue weighted by molar-refractivity contribution is 5.95. The Labute approximate surface area is 211 Å². The summed E-state index contributed by atoms with van der Waals surface area (Å²) in [6, 6.07) is 28.5. The number of nitrogens with zero attached hydrogens (tertiary/aromatic N) is 2. The van der Waals surface area contributed by atoms with Gasteiger partial charge in [0, 0.05) is 23.9 Å². The molecule has 5 nitrogen and oxygen atoms in total. The molecule has 0 atom stereocenters. The molecule has 0 unspecified atom stereocenters. The largest absolute Gasteiger partial charge is 0.491 e. The first-order valence-electron chi connectivity index (χ1n) is 12.5. The molecule has 1 heterocycles. The summed E-state index contributed by atoms with van der Waals surface area (Å²) in [7, 11) is 0. The molecule has 1 N–H and O–H groups in total. The molecule has 0 radical (unpaired) electrons. The Morgan fingerprint density at radius 1 is 0.944 bits per heavy atom. The van der Waals surface area contributed by atoms with Crippen LogP contribution < -0.4 is 10.1 Å². The molecule has 5 rings (SSSR count). The van der Waals surface area contributed by atoms with Crippen LogP contribution in [-0.2, 0) is 13.0 Å². The van der Waals surface area contributed by atoms with Gasteiger partial charge in [0.1, 0.15) is 18.2 Å². The van der Waals surface area contributed by atoms with Gasteiger partial charge in [0.05, 0.1) is 17.6 Å². The van der Waals surface area contributed by atoms with E-state index in [0.29, 0.717) is 19.7 Å². The van der Waals surface area contributed by atoms with Crippen LogP contribution in [0, 0.1) is 13.8 Å². The Morgan fingerprint density at radius 2 is 1.75 bits per heavy atom. The summed E-state index contributed by atoms with van der Waals surface area (Å²) in [5, 5.41) is 5.36. The van der Waals surface area contributed by atoms with Gasteiger partial charge in [-0.15, -0.1) is 0 Å². The van der Waals surface area contributed by atoms with Gasteiger partial charge >= 0.3 is 0 Å². The number of para-hydroxylation sites is 2. The van der Waals surface area contributed by atoms with Crippen molar-refractivity contribution >= 4 is 27.7 Å². The van der Waals surface area contributed by atoms with Gasteiger partial charge < -0.3 is 14.6 Å². The smallest absolute Gasteiger partial charge is 0.251 e. The number of hydrogen-bond donors (Lipinski definition) is 1. The number of fused-ring (bicyclic) bond motifs is 2. The Balaban J connectivity index is 1.23. The second kappa shape index (κ2) is 10.6. The predicted octanol–water partition coefficient (Wildman–Crippen LogP) is 6.25. The van der Waals surface area contributed by atoms with Gasteiger partial charge in [0.15, 0.2) is 0 Å². The fourth-order valence-corrected chi connectivity index (χ4v) is 4.75. The molecule has 4 aromatic carbocycles. The normalized spacial score (nSPS) is 11.2. The van der Waals surface area contributed by atoms with Crippen molar-refractivity contribution in [1.29, 1.82) is 0 Å². The summed E-state index contributed by atoms with van der Waals surface area (Å²) >= 11 is 0. The Morgan fingerprint density at radius 3 is 2.64 bits per heavy atom. The predicted molar refractivity (Wildman–Crippen MR) is 146 cm³/mol.